The van der Waals surface area contributed by atoms with Crippen LogP contribution in [0, 0.1) is 0 Å². The van der Waals surface area contributed by atoms with Crippen LogP contribution in [0.4, 0.5) is 0 Å². The van der Waals surface area contributed by atoms with Gasteiger partial charge in [0.25, 0.3) is 0 Å². The number of hydrogen-bond donors (Lipinski definition) is 2. The molecule has 4 nitrogen and oxygen atoms in total. The van der Waals surface area contributed by atoms with Gasteiger partial charge in [-0.25, -0.2) is 0 Å². The highest BCUT2D eigenvalue weighted by atomic mass is 16.5. The molecule has 0 aliphatic rings. The summed E-state index contributed by atoms with van der Waals surface area (Å²) in [5.41, 5.74) is 5.43. The number of nitrogens with one attached hydrogen (secondary N) is 1. The first-order valence-electron chi connectivity index (χ1n) is 6.27. The van der Waals surface area contributed by atoms with Gasteiger partial charge < -0.3 is 20.5 Å². The fourth-order valence-electron chi connectivity index (χ4n) is 1.58. The molecule has 4 heteroatoms. The second kappa shape index (κ2) is 12.9. The molecule has 0 aliphatic carbocycles. The Morgan fingerprint density at radius 1 is 1.06 bits per heavy atom. The van der Waals surface area contributed by atoms with Gasteiger partial charge in [-0.15, -0.1) is 0 Å². The van der Waals surface area contributed by atoms with Crippen molar-refractivity contribution in [1.82, 2.24) is 5.32 Å². The van der Waals surface area contributed by atoms with Crippen molar-refractivity contribution < 1.29 is 9.47 Å². The van der Waals surface area contributed by atoms with Gasteiger partial charge in [-0.05, 0) is 25.9 Å². The van der Waals surface area contributed by atoms with Crippen molar-refractivity contribution in [2.45, 2.75) is 38.2 Å². The lowest BCUT2D eigenvalue weighted by molar-refractivity contribution is 0.0290. The number of rotatable bonds is 12. The normalized spacial score (nSPS) is 12.9. The number of nitrogens with two attached hydrogens (primary N) is 1. The maximum absolute atomic E-state index is 5.43. The minimum atomic E-state index is 0.169. The molecule has 0 aliphatic heterocycles. The Labute approximate surface area is 99.9 Å². The predicted octanol–water partition coefficient (Wildman–Crippen LogP) is 1.15. The van der Waals surface area contributed by atoms with E-state index in [4.69, 9.17) is 15.2 Å². The molecule has 0 aromatic rings. The maximum atomic E-state index is 5.43. The van der Waals surface area contributed by atoms with Crippen LogP contribution in [-0.2, 0) is 9.47 Å². The van der Waals surface area contributed by atoms with Gasteiger partial charge in [-0.2, -0.15) is 0 Å². The second-order valence-corrected chi connectivity index (χ2v) is 4.07. The van der Waals surface area contributed by atoms with Gasteiger partial charge in [0.15, 0.2) is 0 Å². The molecular weight excluding hydrogens is 204 g/mol. The molecule has 0 aromatic carbocycles. The van der Waals surface area contributed by atoms with E-state index in [2.05, 4.69) is 5.32 Å². The molecule has 0 bridgehead atoms. The van der Waals surface area contributed by atoms with Crippen LogP contribution in [0.2, 0.25) is 0 Å². The highest BCUT2D eigenvalue weighted by molar-refractivity contribution is 4.60. The van der Waals surface area contributed by atoms with Crippen molar-refractivity contribution in [3.63, 3.8) is 0 Å². The Morgan fingerprint density at radius 2 is 1.75 bits per heavy atom. The van der Waals surface area contributed by atoms with E-state index in [0.717, 1.165) is 26.1 Å². The van der Waals surface area contributed by atoms with E-state index in [1.165, 1.54) is 25.7 Å². The molecule has 0 amide bonds. The van der Waals surface area contributed by atoms with Gasteiger partial charge in [-0.3, -0.25) is 0 Å². The van der Waals surface area contributed by atoms with Crippen molar-refractivity contribution in [2.24, 2.45) is 5.73 Å². The third-order valence-electron chi connectivity index (χ3n) is 2.62. The van der Waals surface area contributed by atoms with Crippen LogP contribution in [0.15, 0.2) is 0 Å². The summed E-state index contributed by atoms with van der Waals surface area (Å²) in [5.74, 6) is 0. The lowest BCUT2D eigenvalue weighted by atomic mass is 10.1. The highest BCUT2D eigenvalue weighted by Crippen LogP contribution is 2.01. The second-order valence-electron chi connectivity index (χ2n) is 4.07. The zero-order valence-electron chi connectivity index (χ0n) is 10.8. The molecule has 0 fully saturated rings. The smallest absolute Gasteiger partial charge is 0.0928 e. The van der Waals surface area contributed by atoms with E-state index in [9.17, 15) is 0 Å². The van der Waals surface area contributed by atoms with Crippen LogP contribution in [0.25, 0.3) is 0 Å². The summed E-state index contributed by atoms with van der Waals surface area (Å²) in [6.07, 6.45) is 6.41. The minimum Gasteiger partial charge on any atom is -0.382 e. The minimum absolute atomic E-state index is 0.169. The molecule has 98 valence electrons. The Kier molecular flexibility index (Phi) is 12.8. The van der Waals surface area contributed by atoms with Gasteiger partial charge in [0, 0.05) is 20.8 Å². The molecule has 1 atom stereocenters. The summed E-state index contributed by atoms with van der Waals surface area (Å²) in [6, 6.07) is 0. The fourth-order valence-corrected chi connectivity index (χ4v) is 1.58. The average molecular weight is 232 g/mol. The molecule has 3 N–H and O–H groups in total. The zero-order valence-corrected chi connectivity index (χ0v) is 10.8. The number of methoxy groups -OCH3 is 2. The average Bonchev–Trinajstić information content (AvgIpc) is 2.31. The molecule has 0 rings (SSSR count). The van der Waals surface area contributed by atoms with E-state index < -0.39 is 0 Å². The van der Waals surface area contributed by atoms with E-state index in [0.29, 0.717) is 6.61 Å². The lowest BCUT2D eigenvalue weighted by Gasteiger charge is -2.14. The van der Waals surface area contributed by atoms with Crippen LogP contribution in [-0.4, -0.2) is 46.6 Å². The fraction of sp³-hybridized carbons (Fsp3) is 1.00. The Morgan fingerprint density at radius 3 is 2.38 bits per heavy atom. The third-order valence-corrected chi connectivity index (χ3v) is 2.62. The molecular formula is C12H28N2O2. The van der Waals surface area contributed by atoms with Crippen molar-refractivity contribution in [3.8, 4) is 0 Å². The number of unbranched alkanes of at least 4 members (excludes halogenated alkanes) is 4. The van der Waals surface area contributed by atoms with Crippen molar-refractivity contribution in [2.75, 3.05) is 40.5 Å². The van der Waals surface area contributed by atoms with Gasteiger partial charge in [0.05, 0.1) is 12.7 Å². The van der Waals surface area contributed by atoms with E-state index >= 15 is 0 Å². The van der Waals surface area contributed by atoms with E-state index in [-0.39, 0.29) is 6.10 Å². The quantitative estimate of drug-likeness (QED) is 0.496. The van der Waals surface area contributed by atoms with Crippen molar-refractivity contribution >= 4 is 0 Å². The number of ether oxygens (including phenoxy) is 2. The SMILES string of the molecule is COCC(CNCCCCCCCN)OC. The summed E-state index contributed by atoms with van der Waals surface area (Å²) in [4.78, 5) is 0. The monoisotopic (exact) mass is 232 g/mol. The molecule has 1 unspecified atom stereocenters. The summed E-state index contributed by atoms with van der Waals surface area (Å²) < 4.78 is 10.3. The van der Waals surface area contributed by atoms with Crippen LogP contribution in [0.1, 0.15) is 32.1 Å². The van der Waals surface area contributed by atoms with Gasteiger partial charge in [-0.1, -0.05) is 19.3 Å². The zero-order chi connectivity index (χ0) is 12.1. The van der Waals surface area contributed by atoms with Crippen LogP contribution in [0.3, 0.4) is 0 Å². The lowest BCUT2D eigenvalue weighted by Crippen LogP contribution is -2.32. The number of hydrogen-bond acceptors (Lipinski definition) is 4. The topological polar surface area (TPSA) is 56.5 Å². The standard InChI is InChI=1S/C12H28N2O2/c1-15-11-12(16-2)10-14-9-7-5-3-4-6-8-13/h12,14H,3-11,13H2,1-2H3. The molecule has 0 aromatic heterocycles. The first kappa shape index (κ1) is 15.8. The van der Waals surface area contributed by atoms with Gasteiger partial charge in [0.1, 0.15) is 0 Å². The maximum Gasteiger partial charge on any atom is 0.0928 e. The van der Waals surface area contributed by atoms with Crippen molar-refractivity contribution in [1.29, 1.82) is 0 Å². The first-order valence-corrected chi connectivity index (χ1v) is 6.27. The summed E-state index contributed by atoms with van der Waals surface area (Å²) in [7, 11) is 3.42. The van der Waals surface area contributed by atoms with Gasteiger partial charge >= 0.3 is 0 Å². The largest absolute Gasteiger partial charge is 0.382 e. The first-order chi connectivity index (χ1) is 7.85. The summed E-state index contributed by atoms with van der Waals surface area (Å²) >= 11 is 0. The van der Waals surface area contributed by atoms with Crippen LogP contribution >= 0.6 is 0 Å². The highest BCUT2D eigenvalue weighted by Gasteiger charge is 2.04. The van der Waals surface area contributed by atoms with Crippen molar-refractivity contribution in [3.05, 3.63) is 0 Å². The molecule has 0 saturated carbocycles. The Balaban J connectivity index is 3.12. The van der Waals surface area contributed by atoms with Crippen LogP contribution < -0.4 is 11.1 Å². The third kappa shape index (κ3) is 10.4. The molecule has 0 heterocycles. The van der Waals surface area contributed by atoms with E-state index in [1.807, 2.05) is 0 Å². The summed E-state index contributed by atoms with van der Waals surface area (Å²) in [5, 5.41) is 3.38. The Bertz CT molecular complexity index is 134. The molecule has 0 radical (unpaired) electrons. The van der Waals surface area contributed by atoms with Gasteiger partial charge in [0.2, 0.25) is 0 Å². The molecule has 0 spiro atoms. The predicted molar refractivity (Wildman–Crippen MR) is 67.7 cm³/mol. The van der Waals surface area contributed by atoms with E-state index in [1.54, 1.807) is 14.2 Å². The molecule has 16 heavy (non-hydrogen) atoms. The van der Waals surface area contributed by atoms with Crippen LogP contribution in [0.5, 0.6) is 0 Å². The molecule has 0 saturated heterocycles. The summed E-state index contributed by atoms with van der Waals surface area (Å²) in [6.45, 7) is 3.41. The Hall–Kier alpha value is -0.160.